The molecule has 1 saturated heterocycles. The first kappa shape index (κ1) is 15.0. The standard InChI is InChI=1S/C16H23NO3S/c1-2-13-7-12(10-21-13)16(18)17-14-9-19-6-5-15(14)20-8-11-3-4-11/h7,10-11,14-15H,2-6,8-9H2,1H3,(H,17,18)/t14-,15+/m1/s1. The van der Waals surface area contributed by atoms with E-state index >= 15 is 0 Å². The van der Waals surface area contributed by atoms with Gasteiger partial charge < -0.3 is 14.8 Å². The van der Waals surface area contributed by atoms with E-state index in [4.69, 9.17) is 9.47 Å². The third-order valence-corrected chi connectivity index (χ3v) is 5.20. The Morgan fingerprint density at radius 2 is 2.33 bits per heavy atom. The van der Waals surface area contributed by atoms with Crippen molar-refractivity contribution in [1.29, 1.82) is 0 Å². The van der Waals surface area contributed by atoms with Gasteiger partial charge in [-0.15, -0.1) is 11.3 Å². The summed E-state index contributed by atoms with van der Waals surface area (Å²) >= 11 is 1.64. The van der Waals surface area contributed by atoms with Gasteiger partial charge in [-0.25, -0.2) is 0 Å². The number of ether oxygens (including phenoxy) is 2. The van der Waals surface area contributed by atoms with Gasteiger partial charge in [0.15, 0.2) is 0 Å². The topological polar surface area (TPSA) is 47.6 Å². The van der Waals surface area contributed by atoms with E-state index in [9.17, 15) is 4.79 Å². The molecule has 1 saturated carbocycles. The van der Waals surface area contributed by atoms with E-state index in [1.165, 1.54) is 17.7 Å². The van der Waals surface area contributed by atoms with E-state index < -0.39 is 0 Å². The average Bonchev–Trinajstić information content (AvgIpc) is 3.21. The average molecular weight is 309 g/mol. The van der Waals surface area contributed by atoms with Crippen LogP contribution in [0.2, 0.25) is 0 Å². The van der Waals surface area contributed by atoms with Crippen LogP contribution < -0.4 is 5.32 Å². The van der Waals surface area contributed by atoms with Gasteiger partial charge in [-0.1, -0.05) is 6.92 Å². The molecule has 3 rings (SSSR count). The number of thiophene rings is 1. The lowest BCUT2D eigenvalue weighted by atomic mass is 10.1. The van der Waals surface area contributed by atoms with Crippen LogP contribution in [-0.4, -0.2) is 37.9 Å². The second-order valence-corrected chi connectivity index (χ2v) is 6.91. The summed E-state index contributed by atoms with van der Waals surface area (Å²) in [4.78, 5) is 13.6. The van der Waals surface area contributed by atoms with Gasteiger partial charge in [-0.05, 0) is 37.7 Å². The molecule has 2 aliphatic rings. The first-order chi connectivity index (χ1) is 10.3. The summed E-state index contributed by atoms with van der Waals surface area (Å²) in [6.07, 6.45) is 4.50. The van der Waals surface area contributed by atoms with Gasteiger partial charge in [0.25, 0.3) is 5.91 Å². The summed E-state index contributed by atoms with van der Waals surface area (Å²) in [5.74, 6) is 0.731. The summed E-state index contributed by atoms with van der Waals surface area (Å²) < 4.78 is 11.5. The largest absolute Gasteiger partial charge is 0.379 e. The van der Waals surface area contributed by atoms with Gasteiger partial charge in [0.1, 0.15) is 0 Å². The fourth-order valence-electron chi connectivity index (χ4n) is 2.53. The van der Waals surface area contributed by atoms with Crippen LogP contribution in [0, 0.1) is 5.92 Å². The van der Waals surface area contributed by atoms with Gasteiger partial charge in [0.2, 0.25) is 0 Å². The predicted molar refractivity (Wildman–Crippen MR) is 82.9 cm³/mol. The summed E-state index contributed by atoms with van der Waals surface area (Å²) in [6, 6.07) is 1.94. The van der Waals surface area contributed by atoms with Crippen molar-refractivity contribution in [3.8, 4) is 0 Å². The molecular weight excluding hydrogens is 286 g/mol. The smallest absolute Gasteiger partial charge is 0.252 e. The number of carbonyl (C=O) groups excluding carboxylic acids is 1. The lowest BCUT2D eigenvalue weighted by molar-refractivity contribution is -0.0567. The van der Waals surface area contributed by atoms with Crippen LogP contribution in [0.5, 0.6) is 0 Å². The van der Waals surface area contributed by atoms with Crippen molar-refractivity contribution in [3.05, 3.63) is 21.9 Å². The molecular formula is C16H23NO3S. The molecule has 116 valence electrons. The quantitative estimate of drug-likeness (QED) is 0.879. The van der Waals surface area contributed by atoms with Gasteiger partial charge >= 0.3 is 0 Å². The number of nitrogens with one attached hydrogen (secondary N) is 1. The molecule has 0 aromatic carbocycles. The molecule has 1 aliphatic heterocycles. The molecule has 1 N–H and O–H groups in total. The molecule has 1 aromatic heterocycles. The van der Waals surface area contributed by atoms with Crippen LogP contribution in [0.3, 0.4) is 0 Å². The highest BCUT2D eigenvalue weighted by atomic mass is 32.1. The molecule has 0 spiro atoms. The monoisotopic (exact) mass is 309 g/mol. The fraction of sp³-hybridized carbons (Fsp3) is 0.688. The Balaban J connectivity index is 1.56. The lowest BCUT2D eigenvalue weighted by Crippen LogP contribution is -2.50. The third kappa shape index (κ3) is 4.05. The van der Waals surface area contributed by atoms with Crippen LogP contribution in [0.25, 0.3) is 0 Å². The van der Waals surface area contributed by atoms with E-state index in [2.05, 4.69) is 12.2 Å². The highest BCUT2D eigenvalue weighted by Crippen LogP contribution is 2.30. The Kier molecular flexibility index (Phi) is 4.93. The molecule has 0 bridgehead atoms. The molecule has 2 atom stereocenters. The Labute approximate surface area is 129 Å². The second kappa shape index (κ2) is 6.90. The number of amides is 1. The van der Waals surface area contributed by atoms with E-state index in [0.717, 1.165) is 37.5 Å². The number of hydrogen-bond acceptors (Lipinski definition) is 4. The van der Waals surface area contributed by atoms with Gasteiger partial charge in [0, 0.05) is 23.5 Å². The van der Waals surface area contributed by atoms with Crippen molar-refractivity contribution < 1.29 is 14.3 Å². The molecule has 1 amide bonds. The molecule has 0 unspecified atom stereocenters. The van der Waals surface area contributed by atoms with Crippen molar-refractivity contribution in [2.24, 2.45) is 5.92 Å². The van der Waals surface area contributed by atoms with Crippen LogP contribution in [0.1, 0.15) is 41.4 Å². The molecule has 2 fully saturated rings. The third-order valence-electron chi connectivity index (χ3n) is 4.12. The van der Waals surface area contributed by atoms with E-state index in [-0.39, 0.29) is 18.1 Å². The Bertz CT molecular complexity index is 484. The maximum Gasteiger partial charge on any atom is 0.252 e. The van der Waals surface area contributed by atoms with Crippen molar-refractivity contribution in [3.63, 3.8) is 0 Å². The Morgan fingerprint density at radius 3 is 3.05 bits per heavy atom. The van der Waals surface area contributed by atoms with Crippen molar-refractivity contribution in [2.75, 3.05) is 19.8 Å². The molecule has 4 nitrogen and oxygen atoms in total. The predicted octanol–water partition coefficient (Wildman–Crippen LogP) is 2.62. The first-order valence-corrected chi connectivity index (χ1v) is 8.72. The highest BCUT2D eigenvalue weighted by Gasteiger charge is 2.31. The number of hydrogen-bond donors (Lipinski definition) is 1. The minimum absolute atomic E-state index is 0.0125. The lowest BCUT2D eigenvalue weighted by Gasteiger charge is -2.32. The number of aryl methyl sites for hydroxylation is 1. The molecule has 21 heavy (non-hydrogen) atoms. The summed E-state index contributed by atoms with van der Waals surface area (Å²) in [5.41, 5.74) is 0.753. The molecule has 2 heterocycles. The van der Waals surface area contributed by atoms with Crippen molar-refractivity contribution >= 4 is 17.2 Å². The summed E-state index contributed by atoms with van der Waals surface area (Å²) in [7, 11) is 0. The highest BCUT2D eigenvalue weighted by molar-refractivity contribution is 7.10. The molecule has 5 heteroatoms. The van der Waals surface area contributed by atoms with E-state index in [1.807, 2.05) is 11.4 Å². The summed E-state index contributed by atoms with van der Waals surface area (Å²) in [6.45, 7) is 4.20. The second-order valence-electron chi connectivity index (χ2n) is 5.91. The van der Waals surface area contributed by atoms with E-state index in [0.29, 0.717) is 6.61 Å². The Hall–Kier alpha value is -0.910. The van der Waals surface area contributed by atoms with Crippen LogP contribution in [-0.2, 0) is 15.9 Å². The normalized spacial score (nSPS) is 25.8. The Morgan fingerprint density at radius 1 is 1.48 bits per heavy atom. The number of carbonyl (C=O) groups is 1. The van der Waals surface area contributed by atoms with Crippen molar-refractivity contribution in [2.45, 2.75) is 44.8 Å². The number of rotatable bonds is 6. The zero-order valence-corrected chi connectivity index (χ0v) is 13.3. The van der Waals surface area contributed by atoms with Crippen molar-refractivity contribution in [1.82, 2.24) is 5.32 Å². The zero-order valence-electron chi connectivity index (χ0n) is 12.5. The summed E-state index contributed by atoms with van der Waals surface area (Å²) in [5, 5.41) is 5.01. The van der Waals surface area contributed by atoms with Gasteiger partial charge in [-0.3, -0.25) is 4.79 Å². The van der Waals surface area contributed by atoms with Crippen LogP contribution in [0.4, 0.5) is 0 Å². The molecule has 0 radical (unpaired) electrons. The van der Waals surface area contributed by atoms with Crippen LogP contribution >= 0.6 is 11.3 Å². The van der Waals surface area contributed by atoms with E-state index in [1.54, 1.807) is 11.3 Å². The molecule has 1 aliphatic carbocycles. The zero-order chi connectivity index (χ0) is 14.7. The van der Waals surface area contributed by atoms with Gasteiger partial charge in [0.05, 0.1) is 24.3 Å². The van der Waals surface area contributed by atoms with Gasteiger partial charge in [-0.2, -0.15) is 0 Å². The minimum atomic E-state index is -0.0324. The fourth-order valence-corrected chi connectivity index (χ4v) is 3.35. The maximum absolute atomic E-state index is 12.3. The SMILES string of the molecule is CCc1cc(C(=O)N[C@@H]2COCC[C@@H]2OCC2CC2)cs1. The minimum Gasteiger partial charge on any atom is -0.379 e. The van der Waals surface area contributed by atoms with Crippen LogP contribution in [0.15, 0.2) is 11.4 Å². The molecule has 1 aromatic rings. The maximum atomic E-state index is 12.3. The first-order valence-electron chi connectivity index (χ1n) is 7.84.